The number of rotatable bonds is 11. The van der Waals surface area contributed by atoms with Crippen LogP contribution in [0.1, 0.15) is 86.2 Å². The van der Waals surface area contributed by atoms with Crippen LogP contribution in [0.15, 0.2) is 109 Å². The third-order valence-electron chi connectivity index (χ3n) is 6.53. The predicted octanol–water partition coefficient (Wildman–Crippen LogP) is 7.40. The van der Waals surface area contributed by atoms with E-state index in [1.165, 1.54) is 0 Å². The summed E-state index contributed by atoms with van der Waals surface area (Å²) in [6.45, 7) is 5.94. The topological polar surface area (TPSA) is 86.7 Å². The SMILES string of the molecule is CCC(=O)c1ccccc1C(=O)c1ccccc1.COCCC(C)(C)OC(=O)c1ccccc1C(=O)c1ccccc1. The average molecular weight is 565 g/mol. The third kappa shape index (κ3) is 8.66. The standard InChI is InChI=1S/C20H22O4.C16H14O2/c1-20(2,13-14-23-3)24-19(22)17-12-8-7-11-16(17)18(21)15-9-5-4-6-10-15;1-2-15(17)13-10-6-7-11-14(13)16(18)12-8-4-3-5-9-12/h4-12H,13-14H2,1-3H3;3-11H,2H2,1H3. The number of benzene rings is 4. The quantitative estimate of drug-likeness (QED) is 0.139. The van der Waals surface area contributed by atoms with Crippen LogP contribution >= 0.6 is 0 Å². The normalized spacial score (nSPS) is 10.7. The Morgan fingerprint density at radius 3 is 1.45 bits per heavy atom. The van der Waals surface area contributed by atoms with E-state index in [0.717, 1.165) is 0 Å². The van der Waals surface area contributed by atoms with Crippen molar-refractivity contribution in [1.82, 2.24) is 0 Å². The molecular weight excluding hydrogens is 528 g/mol. The molecule has 0 aliphatic carbocycles. The summed E-state index contributed by atoms with van der Waals surface area (Å²) in [6, 6.07) is 31.6. The van der Waals surface area contributed by atoms with E-state index in [9.17, 15) is 19.2 Å². The minimum absolute atomic E-state index is 0.00474. The number of carbonyl (C=O) groups is 4. The molecule has 0 bridgehead atoms. The molecule has 0 heterocycles. The molecule has 42 heavy (non-hydrogen) atoms. The first kappa shape index (κ1) is 31.8. The summed E-state index contributed by atoms with van der Waals surface area (Å²) in [7, 11) is 1.60. The van der Waals surface area contributed by atoms with Crippen molar-refractivity contribution in [2.75, 3.05) is 13.7 Å². The maximum atomic E-state index is 12.7. The highest BCUT2D eigenvalue weighted by Gasteiger charge is 2.26. The molecule has 0 atom stereocenters. The van der Waals surface area contributed by atoms with E-state index in [2.05, 4.69) is 0 Å². The highest BCUT2D eigenvalue weighted by Crippen LogP contribution is 2.21. The minimum Gasteiger partial charge on any atom is -0.456 e. The Morgan fingerprint density at radius 2 is 1.00 bits per heavy atom. The maximum absolute atomic E-state index is 12.7. The molecule has 4 aromatic rings. The van der Waals surface area contributed by atoms with E-state index >= 15 is 0 Å². The van der Waals surface area contributed by atoms with E-state index in [1.54, 1.807) is 99.0 Å². The Labute approximate surface area is 247 Å². The van der Waals surface area contributed by atoms with Gasteiger partial charge in [-0.15, -0.1) is 0 Å². The van der Waals surface area contributed by atoms with Gasteiger partial charge in [-0.1, -0.05) is 110 Å². The summed E-state index contributed by atoms with van der Waals surface area (Å²) in [5, 5.41) is 0. The van der Waals surface area contributed by atoms with Crippen molar-refractivity contribution in [3.8, 4) is 0 Å². The van der Waals surface area contributed by atoms with Crippen LogP contribution < -0.4 is 0 Å². The summed E-state index contributed by atoms with van der Waals surface area (Å²) >= 11 is 0. The molecule has 0 saturated carbocycles. The largest absolute Gasteiger partial charge is 0.456 e. The molecule has 6 heteroatoms. The Hall–Kier alpha value is -4.68. The van der Waals surface area contributed by atoms with Crippen molar-refractivity contribution >= 4 is 23.3 Å². The lowest BCUT2D eigenvalue weighted by Crippen LogP contribution is -2.30. The van der Waals surface area contributed by atoms with Crippen LogP contribution in [-0.2, 0) is 9.47 Å². The Kier molecular flexibility index (Phi) is 11.6. The van der Waals surface area contributed by atoms with Crippen LogP contribution in [-0.4, -0.2) is 42.6 Å². The van der Waals surface area contributed by atoms with Gasteiger partial charge >= 0.3 is 5.97 Å². The molecule has 0 aromatic heterocycles. The lowest BCUT2D eigenvalue weighted by molar-refractivity contribution is -0.0139. The molecule has 4 aromatic carbocycles. The first-order valence-electron chi connectivity index (χ1n) is 13.8. The molecule has 0 N–H and O–H groups in total. The molecule has 0 amide bonds. The monoisotopic (exact) mass is 564 g/mol. The number of hydrogen-bond acceptors (Lipinski definition) is 6. The van der Waals surface area contributed by atoms with Crippen molar-refractivity contribution < 1.29 is 28.7 Å². The molecule has 6 nitrogen and oxygen atoms in total. The smallest absolute Gasteiger partial charge is 0.339 e. The fraction of sp³-hybridized carbons (Fsp3) is 0.222. The lowest BCUT2D eigenvalue weighted by Gasteiger charge is -2.25. The van der Waals surface area contributed by atoms with Gasteiger partial charge < -0.3 is 9.47 Å². The van der Waals surface area contributed by atoms with E-state index < -0.39 is 11.6 Å². The first-order chi connectivity index (χ1) is 20.2. The van der Waals surface area contributed by atoms with Gasteiger partial charge in [0.05, 0.1) is 5.56 Å². The molecule has 0 unspecified atom stereocenters. The number of carbonyl (C=O) groups excluding carboxylic acids is 4. The first-order valence-corrected chi connectivity index (χ1v) is 13.8. The number of esters is 1. The van der Waals surface area contributed by atoms with E-state index in [0.29, 0.717) is 47.3 Å². The van der Waals surface area contributed by atoms with Crippen molar-refractivity contribution in [3.05, 3.63) is 143 Å². The van der Waals surface area contributed by atoms with Crippen LogP contribution in [0.5, 0.6) is 0 Å². The van der Waals surface area contributed by atoms with Gasteiger partial charge in [0, 0.05) is 54.4 Å². The highest BCUT2D eigenvalue weighted by molar-refractivity contribution is 6.16. The van der Waals surface area contributed by atoms with E-state index in [4.69, 9.17) is 9.47 Å². The van der Waals surface area contributed by atoms with Crippen LogP contribution in [0.2, 0.25) is 0 Å². The summed E-state index contributed by atoms with van der Waals surface area (Å²) in [4.78, 5) is 49.4. The van der Waals surface area contributed by atoms with Gasteiger partial charge in [-0.2, -0.15) is 0 Å². The van der Waals surface area contributed by atoms with Gasteiger partial charge in [0.2, 0.25) is 0 Å². The lowest BCUT2D eigenvalue weighted by atomic mass is 9.95. The molecule has 0 fully saturated rings. The molecular formula is C36H36O6. The zero-order valence-electron chi connectivity index (χ0n) is 24.5. The molecule has 4 rings (SSSR count). The second-order valence-electron chi connectivity index (χ2n) is 10.2. The fourth-order valence-corrected chi connectivity index (χ4v) is 4.17. The Bertz CT molecular complexity index is 1510. The van der Waals surface area contributed by atoms with Crippen LogP contribution in [0, 0.1) is 0 Å². The second kappa shape index (κ2) is 15.4. The van der Waals surface area contributed by atoms with Crippen LogP contribution in [0.25, 0.3) is 0 Å². The predicted molar refractivity (Wildman–Crippen MR) is 163 cm³/mol. The van der Waals surface area contributed by atoms with Crippen molar-refractivity contribution in [2.24, 2.45) is 0 Å². The minimum atomic E-state index is -0.671. The molecule has 0 radical (unpaired) electrons. The van der Waals surface area contributed by atoms with E-state index in [1.807, 2.05) is 38.1 Å². The van der Waals surface area contributed by atoms with Crippen molar-refractivity contribution in [3.63, 3.8) is 0 Å². The molecule has 0 aliphatic heterocycles. The number of ketones is 3. The number of ether oxygens (including phenoxy) is 2. The van der Waals surface area contributed by atoms with E-state index in [-0.39, 0.29) is 22.9 Å². The summed E-state index contributed by atoms with van der Waals surface area (Å²) in [5.74, 6) is -0.809. The zero-order chi connectivity index (χ0) is 30.5. The zero-order valence-corrected chi connectivity index (χ0v) is 24.5. The molecule has 0 spiro atoms. The Morgan fingerprint density at radius 1 is 0.595 bits per heavy atom. The van der Waals surface area contributed by atoms with Gasteiger partial charge in [0.25, 0.3) is 0 Å². The molecule has 0 saturated heterocycles. The van der Waals surface area contributed by atoms with Gasteiger partial charge in [-0.05, 0) is 19.9 Å². The second-order valence-corrected chi connectivity index (χ2v) is 10.2. The summed E-state index contributed by atoms with van der Waals surface area (Å²) in [6.07, 6.45) is 0.975. The summed E-state index contributed by atoms with van der Waals surface area (Å²) in [5.41, 5.74) is 2.08. The number of methoxy groups -OCH3 is 1. The highest BCUT2D eigenvalue weighted by atomic mass is 16.6. The van der Waals surface area contributed by atoms with Crippen molar-refractivity contribution in [1.29, 1.82) is 0 Å². The maximum Gasteiger partial charge on any atom is 0.339 e. The van der Waals surface area contributed by atoms with Crippen LogP contribution in [0.3, 0.4) is 0 Å². The average Bonchev–Trinajstić information content (AvgIpc) is 3.03. The van der Waals surface area contributed by atoms with Gasteiger partial charge in [0.1, 0.15) is 5.60 Å². The van der Waals surface area contributed by atoms with Crippen LogP contribution in [0.4, 0.5) is 0 Å². The fourth-order valence-electron chi connectivity index (χ4n) is 4.17. The van der Waals surface area contributed by atoms with Gasteiger partial charge in [-0.3, -0.25) is 14.4 Å². The Balaban J connectivity index is 0.000000240. The van der Waals surface area contributed by atoms with Gasteiger partial charge in [0.15, 0.2) is 17.3 Å². The van der Waals surface area contributed by atoms with Gasteiger partial charge in [-0.25, -0.2) is 4.79 Å². The third-order valence-corrected chi connectivity index (χ3v) is 6.53. The molecule has 216 valence electrons. The van der Waals surface area contributed by atoms with Crippen molar-refractivity contribution in [2.45, 2.75) is 39.2 Å². The number of hydrogen-bond donors (Lipinski definition) is 0. The molecule has 0 aliphatic rings. The summed E-state index contributed by atoms with van der Waals surface area (Å²) < 4.78 is 10.6. The number of Topliss-reactive ketones (excluding diaryl/α,β-unsaturated/α-hetero) is 1.